The van der Waals surface area contributed by atoms with E-state index in [0.29, 0.717) is 11.7 Å². The molecular formula is C24H30N4O2. The van der Waals surface area contributed by atoms with E-state index in [4.69, 9.17) is 4.74 Å². The van der Waals surface area contributed by atoms with Gasteiger partial charge in [-0.3, -0.25) is 4.90 Å². The van der Waals surface area contributed by atoms with E-state index in [1.54, 1.807) is 4.57 Å². The van der Waals surface area contributed by atoms with Gasteiger partial charge in [-0.2, -0.15) is 5.10 Å². The molecule has 0 bridgehead atoms. The zero-order valence-corrected chi connectivity index (χ0v) is 18.2. The van der Waals surface area contributed by atoms with Gasteiger partial charge in [0.25, 0.3) is 0 Å². The Balaban J connectivity index is 1.68. The van der Waals surface area contributed by atoms with E-state index in [1.807, 2.05) is 12.1 Å². The van der Waals surface area contributed by atoms with Crippen LogP contribution in [0.3, 0.4) is 0 Å². The third kappa shape index (κ3) is 4.11. The van der Waals surface area contributed by atoms with E-state index in [-0.39, 0.29) is 5.69 Å². The summed E-state index contributed by atoms with van der Waals surface area (Å²) in [6, 6.07) is 12.5. The van der Waals surface area contributed by atoms with Crippen molar-refractivity contribution in [3.05, 3.63) is 69.1 Å². The van der Waals surface area contributed by atoms with Gasteiger partial charge in [0, 0.05) is 25.2 Å². The molecule has 1 fully saturated rings. The molecule has 4 rings (SSSR count). The number of hydrogen-bond acceptors (Lipinski definition) is 4. The summed E-state index contributed by atoms with van der Waals surface area (Å²) >= 11 is 0. The van der Waals surface area contributed by atoms with Gasteiger partial charge in [0.05, 0.1) is 18.9 Å². The van der Waals surface area contributed by atoms with Crippen LogP contribution in [0.2, 0.25) is 0 Å². The second-order valence-corrected chi connectivity index (χ2v) is 8.42. The van der Waals surface area contributed by atoms with Gasteiger partial charge in [-0.15, -0.1) is 0 Å². The SMILES string of the molecule is Cc1cc(C)c(C(C)C)cc1-c1n[nH]c(=O)n1-c1ccc(CN2CCOCC2)cc1. The van der Waals surface area contributed by atoms with E-state index in [0.717, 1.165) is 49.7 Å². The third-order valence-corrected chi connectivity index (χ3v) is 5.85. The molecule has 1 N–H and O–H groups in total. The van der Waals surface area contributed by atoms with Crippen LogP contribution >= 0.6 is 0 Å². The molecule has 1 aliphatic heterocycles. The second kappa shape index (κ2) is 8.58. The van der Waals surface area contributed by atoms with Crippen LogP contribution in [0.15, 0.2) is 41.2 Å². The number of ether oxygens (including phenoxy) is 1. The number of nitrogens with one attached hydrogen (secondary N) is 1. The lowest BCUT2D eigenvalue weighted by atomic mass is 9.92. The van der Waals surface area contributed by atoms with Crippen LogP contribution in [-0.4, -0.2) is 46.0 Å². The van der Waals surface area contributed by atoms with Gasteiger partial charge in [-0.05, 0) is 60.2 Å². The van der Waals surface area contributed by atoms with Crippen molar-refractivity contribution < 1.29 is 4.74 Å². The molecule has 0 unspecified atom stereocenters. The summed E-state index contributed by atoms with van der Waals surface area (Å²) in [5.74, 6) is 1.06. The minimum atomic E-state index is -0.225. The topological polar surface area (TPSA) is 63.2 Å². The predicted molar refractivity (Wildman–Crippen MR) is 119 cm³/mol. The lowest BCUT2D eigenvalue weighted by molar-refractivity contribution is 0.0342. The van der Waals surface area contributed by atoms with Crippen molar-refractivity contribution in [3.8, 4) is 17.1 Å². The standard InChI is InChI=1S/C24H30N4O2/c1-16(2)21-14-22(18(4)13-17(21)3)23-25-26-24(29)28(23)20-7-5-19(6-8-20)15-27-9-11-30-12-10-27/h5-8,13-14,16H,9-12,15H2,1-4H3,(H,26,29). The largest absolute Gasteiger partial charge is 0.379 e. The Morgan fingerprint density at radius 1 is 1.07 bits per heavy atom. The Bertz CT molecular complexity index is 1070. The average Bonchev–Trinajstić information content (AvgIpc) is 3.10. The van der Waals surface area contributed by atoms with Crippen molar-refractivity contribution in [2.45, 2.75) is 40.2 Å². The monoisotopic (exact) mass is 406 g/mol. The van der Waals surface area contributed by atoms with E-state index in [9.17, 15) is 4.79 Å². The highest BCUT2D eigenvalue weighted by Crippen LogP contribution is 2.29. The molecule has 1 aromatic heterocycles. The average molecular weight is 407 g/mol. The number of morpholine rings is 1. The first-order valence-electron chi connectivity index (χ1n) is 10.6. The summed E-state index contributed by atoms with van der Waals surface area (Å²) in [6.45, 7) is 13.0. The quantitative estimate of drug-likeness (QED) is 0.700. The van der Waals surface area contributed by atoms with Crippen molar-refractivity contribution in [3.63, 3.8) is 0 Å². The molecule has 2 heterocycles. The van der Waals surface area contributed by atoms with Crippen LogP contribution in [0.5, 0.6) is 0 Å². The zero-order chi connectivity index (χ0) is 21.3. The highest BCUT2D eigenvalue weighted by Gasteiger charge is 2.17. The highest BCUT2D eigenvalue weighted by atomic mass is 16.5. The van der Waals surface area contributed by atoms with Gasteiger partial charge >= 0.3 is 5.69 Å². The van der Waals surface area contributed by atoms with Crippen LogP contribution in [-0.2, 0) is 11.3 Å². The molecule has 3 aromatic rings. The minimum Gasteiger partial charge on any atom is -0.379 e. The van der Waals surface area contributed by atoms with Crippen LogP contribution in [0.25, 0.3) is 17.1 Å². The fourth-order valence-electron chi connectivity index (χ4n) is 4.22. The normalized spacial score (nSPS) is 15.1. The summed E-state index contributed by atoms with van der Waals surface area (Å²) in [6.07, 6.45) is 0. The zero-order valence-electron chi connectivity index (χ0n) is 18.2. The molecule has 0 atom stereocenters. The second-order valence-electron chi connectivity index (χ2n) is 8.42. The molecule has 0 amide bonds. The number of benzene rings is 2. The van der Waals surface area contributed by atoms with E-state index in [1.165, 1.54) is 16.7 Å². The molecule has 0 radical (unpaired) electrons. The minimum absolute atomic E-state index is 0.225. The lowest BCUT2D eigenvalue weighted by Gasteiger charge is -2.26. The summed E-state index contributed by atoms with van der Waals surface area (Å²) < 4.78 is 7.09. The summed E-state index contributed by atoms with van der Waals surface area (Å²) in [4.78, 5) is 15.0. The molecule has 0 spiro atoms. The lowest BCUT2D eigenvalue weighted by Crippen LogP contribution is -2.35. The number of hydrogen-bond donors (Lipinski definition) is 1. The van der Waals surface area contributed by atoms with Gasteiger partial charge in [-0.1, -0.05) is 32.0 Å². The molecule has 1 saturated heterocycles. The Labute approximate surface area is 177 Å². The molecule has 0 aliphatic carbocycles. The fourth-order valence-corrected chi connectivity index (χ4v) is 4.22. The molecular weight excluding hydrogens is 376 g/mol. The molecule has 6 heteroatoms. The first-order valence-corrected chi connectivity index (χ1v) is 10.6. The van der Waals surface area contributed by atoms with Gasteiger partial charge in [0.15, 0.2) is 5.82 Å². The number of rotatable bonds is 5. The maximum Gasteiger partial charge on any atom is 0.348 e. The third-order valence-electron chi connectivity index (χ3n) is 5.85. The first-order chi connectivity index (χ1) is 14.4. The van der Waals surface area contributed by atoms with Crippen molar-refractivity contribution in [2.24, 2.45) is 0 Å². The van der Waals surface area contributed by atoms with Gasteiger partial charge in [-0.25, -0.2) is 14.5 Å². The van der Waals surface area contributed by atoms with Gasteiger partial charge in [0.2, 0.25) is 0 Å². The molecule has 158 valence electrons. The summed E-state index contributed by atoms with van der Waals surface area (Å²) in [5, 5.41) is 7.01. The fraction of sp³-hybridized carbons (Fsp3) is 0.417. The maximum atomic E-state index is 12.6. The molecule has 0 saturated carbocycles. The van der Waals surface area contributed by atoms with Crippen LogP contribution in [0.1, 0.15) is 42.0 Å². The van der Waals surface area contributed by atoms with E-state index < -0.39 is 0 Å². The van der Waals surface area contributed by atoms with Crippen molar-refractivity contribution >= 4 is 0 Å². The number of aryl methyl sites for hydroxylation is 2. The number of nitrogens with zero attached hydrogens (tertiary/aromatic N) is 3. The van der Waals surface area contributed by atoms with Crippen LogP contribution in [0, 0.1) is 13.8 Å². The van der Waals surface area contributed by atoms with E-state index in [2.05, 4.69) is 67.1 Å². The first kappa shape index (κ1) is 20.6. The Hall–Kier alpha value is -2.70. The number of H-pyrrole nitrogens is 1. The summed E-state index contributed by atoms with van der Waals surface area (Å²) in [5.41, 5.74) is 6.47. The number of aromatic nitrogens is 3. The van der Waals surface area contributed by atoms with Crippen molar-refractivity contribution in [2.75, 3.05) is 26.3 Å². The van der Waals surface area contributed by atoms with Crippen LogP contribution < -0.4 is 5.69 Å². The molecule has 1 aliphatic rings. The predicted octanol–water partition coefficient (Wildman–Crippen LogP) is 3.80. The Kier molecular flexibility index (Phi) is 5.88. The van der Waals surface area contributed by atoms with Crippen LogP contribution in [0.4, 0.5) is 0 Å². The van der Waals surface area contributed by atoms with Crippen molar-refractivity contribution in [1.29, 1.82) is 0 Å². The Morgan fingerprint density at radius 3 is 2.43 bits per heavy atom. The van der Waals surface area contributed by atoms with Crippen molar-refractivity contribution in [1.82, 2.24) is 19.7 Å². The highest BCUT2D eigenvalue weighted by molar-refractivity contribution is 5.65. The molecule has 2 aromatic carbocycles. The van der Waals surface area contributed by atoms with Gasteiger partial charge in [0.1, 0.15) is 0 Å². The summed E-state index contributed by atoms with van der Waals surface area (Å²) in [7, 11) is 0. The number of aromatic amines is 1. The molecule has 6 nitrogen and oxygen atoms in total. The molecule has 30 heavy (non-hydrogen) atoms. The van der Waals surface area contributed by atoms with E-state index >= 15 is 0 Å². The smallest absolute Gasteiger partial charge is 0.348 e. The van der Waals surface area contributed by atoms with Gasteiger partial charge < -0.3 is 4.74 Å². The Morgan fingerprint density at radius 2 is 1.77 bits per heavy atom. The maximum absolute atomic E-state index is 12.6.